The highest BCUT2D eigenvalue weighted by Crippen LogP contribution is 2.17. The van der Waals surface area contributed by atoms with Gasteiger partial charge < -0.3 is 9.47 Å². The van der Waals surface area contributed by atoms with Crippen LogP contribution in [-0.4, -0.2) is 35.1 Å². The van der Waals surface area contributed by atoms with Gasteiger partial charge in [0.25, 0.3) is 5.91 Å². The number of benzene rings is 1. The maximum atomic E-state index is 12.1. The topological polar surface area (TPSA) is 86.2 Å². The third-order valence-corrected chi connectivity index (χ3v) is 2.63. The van der Waals surface area contributed by atoms with Crippen LogP contribution in [0.4, 0.5) is 5.95 Å². The van der Waals surface area contributed by atoms with Gasteiger partial charge in [0.2, 0.25) is 5.95 Å². The summed E-state index contributed by atoms with van der Waals surface area (Å²) < 4.78 is 9.78. The Morgan fingerprint density at radius 1 is 1.10 bits per heavy atom. The van der Waals surface area contributed by atoms with E-state index in [1.54, 1.807) is 24.3 Å². The van der Waals surface area contributed by atoms with E-state index in [1.807, 2.05) is 0 Å². The van der Waals surface area contributed by atoms with Crippen LogP contribution < -0.4 is 14.8 Å². The van der Waals surface area contributed by atoms with Crippen LogP contribution in [0, 0.1) is 0 Å². The minimum Gasteiger partial charge on any atom is -0.467 e. The van der Waals surface area contributed by atoms with Crippen molar-refractivity contribution in [2.24, 2.45) is 0 Å². The van der Waals surface area contributed by atoms with Gasteiger partial charge in [-0.05, 0) is 12.1 Å². The van der Waals surface area contributed by atoms with Gasteiger partial charge in [-0.1, -0.05) is 23.7 Å². The molecule has 1 heterocycles. The van der Waals surface area contributed by atoms with Gasteiger partial charge in [0.1, 0.15) is 0 Å². The number of anilines is 1. The van der Waals surface area contributed by atoms with Crippen molar-refractivity contribution in [2.45, 2.75) is 0 Å². The summed E-state index contributed by atoms with van der Waals surface area (Å²) >= 11 is 5.94. The zero-order chi connectivity index (χ0) is 14.5. The molecule has 1 aromatic heterocycles. The van der Waals surface area contributed by atoms with Gasteiger partial charge in [-0.2, -0.15) is 9.97 Å². The molecule has 0 spiro atoms. The molecule has 0 saturated carbocycles. The molecule has 2 aromatic rings. The Kier molecular flexibility index (Phi) is 4.31. The van der Waals surface area contributed by atoms with Gasteiger partial charge >= 0.3 is 12.0 Å². The predicted octanol–water partition coefficient (Wildman–Crippen LogP) is 1.79. The van der Waals surface area contributed by atoms with Crippen LogP contribution in [0.1, 0.15) is 10.4 Å². The lowest BCUT2D eigenvalue weighted by molar-refractivity contribution is 0.102. The molecule has 0 bridgehead atoms. The fourth-order valence-electron chi connectivity index (χ4n) is 1.39. The third kappa shape index (κ3) is 3.12. The van der Waals surface area contributed by atoms with Crippen molar-refractivity contribution in [2.75, 3.05) is 19.5 Å². The molecule has 20 heavy (non-hydrogen) atoms. The standard InChI is InChI=1S/C12H11ClN4O3/c1-19-11-15-10(16-12(17-11)20-2)14-9(18)7-5-3-4-6-8(7)13/h3-6H,1-2H3,(H,14,15,16,17,18). The summed E-state index contributed by atoms with van der Waals surface area (Å²) in [5.74, 6) is -0.426. The Morgan fingerprint density at radius 3 is 2.25 bits per heavy atom. The van der Waals surface area contributed by atoms with Crippen LogP contribution in [0.5, 0.6) is 12.0 Å². The van der Waals surface area contributed by atoms with E-state index in [0.29, 0.717) is 10.6 Å². The number of rotatable bonds is 4. The van der Waals surface area contributed by atoms with Crippen LogP contribution in [-0.2, 0) is 0 Å². The first-order valence-corrected chi connectivity index (χ1v) is 5.91. The van der Waals surface area contributed by atoms with Crippen LogP contribution >= 0.6 is 11.6 Å². The lowest BCUT2D eigenvalue weighted by Crippen LogP contribution is -2.15. The lowest BCUT2D eigenvalue weighted by atomic mass is 10.2. The van der Waals surface area contributed by atoms with E-state index < -0.39 is 5.91 Å². The summed E-state index contributed by atoms with van der Waals surface area (Å²) in [4.78, 5) is 23.7. The van der Waals surface area contributed by atoms with Crippen LogP contribution in [0.3, 0.4) is 0 Å². The van der Waals surface area contributed by atoms with Crippen LogP contribution in [0.2, 0.25) is 5.02 Å². The number of amides is 1. The predicted molar refractivity (Wildman–Crippen MR) is 72.3 cm³/mol. The minimum absolute atomic E-state index is 0.0126. The highest BCUT2D eigenvalue weighted by Gasteiger charge is 2.13. The average molecular weight is 295 g/mol. The minimum atomic E-state index is -0.439. The van der Waals surface area contributed by atoms with E-state index in [2.05, 4.69) is 20.3 Å². The van der Waals surface area contributed by atoms with Gasteiger partial charge in [-0.3, -0.25) is 10.1 Å². The normalized spacial score (nSPS) is 9.95. The Morgan fingerprint density at radius 2 is 1.70 bits per heavy atom. The number of nitrogens with one attached hydrogen (secondary N) is 1. The van der Waals surface area contributed by atoms with Crippen molar-refractivity contribution in [3.8, 4) is 12.0 Å². The fourth-order valence-corrected chi connectivity index (χ4v) is 1.61. The summed E-state index contributed by atoms with van der Waals surface area (Å²) in [6, 6.07) is 6.71. The Labute approximate surface area is 119 Å². The second-order valence-electron chi connectivity index (χ2n) is 3.57. The van der Waals surface area contributed by atoms with Gasteiger partial charge in [-0.25, -0.2) is 0 Å². The SMILES string of the molecule is COc1nc(NC(=O)c2ccccc2Cl)nc(OC)n1. The second-order valence-corrected chi connectivity index (χ2v) is 3.97. The average Bonchev–Trinajstić information content (AvgIpc) is 2.47. The quantitative estimate of drug-likeness (QED) is 0.925. The summed E-state index contributed by atoms with van der Waals surface area (Å²) in [7, 11) is 2.79. The highest BCUT2D eigenvalue weighted by atomic mass is 35.5. The number of nitrogens with zero attached hydrogens (tertiary/aromatic N) is 3. The summed E-state index contributed by atoms with van der Waals surface area (Å²) in [6.07, 6.45) is 0. The zero-order valence-corrected chi connectivity index (χ0v) is 11.5. The number of hydrogen-bond donors (Lipinski definition) is 1. The summed E-state index contributed by atoms with van der Waals surface area (Å²) in [5, 5.41) is 2.83. The van der Waals surface area contributed by atoms with E-state index in [4.69, 9.17) is 21.1 Å². The Balaban J connectivity index is 2.26. The molecule has 0 aliphatic carbocycles. The van der Waals surface area contributed by atoms with E-state index in [1.165, 1.54) is 14.2 Å². The number of carbonyl (C=O) groups excluding carboxylic acids is 1. The second kappa shape index (κ2) is 6.16. The van der Waals surface area contributed by atoms with Crippen LogP contribution in [0.15, 0.2) is 24.3 Å². The number of halogens is 1. The number of aromatic nitrogens is 3. The zero-order valence-electron chi connectivity index (χ0n) is 10.8. The van der Waals surface area contributed by atoms with Crippen molar-refractivity contribution >= 4 is 23.5 Å². The lowest BCUT2D eigenvalue weighted by Gasteiger charge is -2.07. The van der Waals surface area contributed by atoms with Crippen molar-refractivity contribution in [1.29, 1.82) is 0 Å². The van der Waals surface area contributed by atoms with Crippen LogP contribution in [0.25, 0.3) is 0 Å². The molecule has 104 valence electrons. The summed E-state index contributed by atoms with van der Waals surface area (Å²) in [5.41, 5.74) is 0.313. The van der Waals surface area contributed by atoms with Crippen molar-refractivity contribution < 1.29 is 14.3 Å². The molecule has 1 aromatic carbocycles. The molecule has 7 nitrogen and oxygen atoms in total. The summed E-state index contributed by atoms with van der Waals surface area (Å²) in [6.45, 7) is 0. The van der Waals surface area contributed by atoms with Crippen molar-refractivity contribution in [3.05, 3.63) is 34.9 Å². The van der Waals surface area contributed by atoms with Gasteiger partial charge in [0, 0.05) is 0 Å². The highest BCUT2D eigenvalue weighted by molar-refractivity contribution is 6.34. The molecule has 1 amide bonds. The first kappa shape index (κ1) is 14.0. The van der Waals surface area contributed by atoms with Gasteiger partial charge in [0.05, 0.1) is 24.8 Å². The number of methoxy groups -OCH3 is 2. The Bertz CT molecular complexity index is 614. The van der Waals surface area contributed by atoms with Gasteiger partial charge in [0.15, 0.2) is 0 Å². The number of carbonyl (C=O) groups is 1. The fraction of sp³-hybridized carbons (Fsp3) is 0.167. The molecule has 0 fully saturated rings. The molecular formula is C12H11ClN4O3. The largest absolute Gasteiger partial charge is 0.467 e. The number of hydrogen-bond acceptors (Lipinski definition) is 6. The maximum absolute atomic E-state index is 12.1. The van der Waals surface area contributed by atoms with E-state index in [9.17, 15) is 4.79 Å². The monoisotopic (exact) mass is 294 g/mol. The molecule has 0 saturated heterocycles. The van der Waals surface area contributed by atoms with E-state index in [-0.39, 0.29) is 18.0 Å². The van der Waals surface area contributed by atoms with Crippen molar-refractivity contribution in [1.82, 2.24) is 15.0 Å². The van der Waals surface area contributed by atoms with Gasteiger partial charge in [-0.15, -0.1) is 4.98 Å². The number of ether oxygens (including phenoxy) is 2. The third-order valence-electron chi connectivity index (χ3n) is 2.30. The maximum Gasteiger partial charge on any atom is 0.324 e. The molecule has 0 aliphatic rings. The molecule has 0 atom stereocenters. The molecule has 0 radical (unpaired) electrons. The molecule has 8 heteroatoms. The molecule has 0 unspecified atom stereocenters. The molecule has 1 N–H and O–H groups in total. The molecule has 2 rings (SSSR count). The van der Waals surface area contributed by atoms with E-state index in [0.717, 1.165) is 0 Å². The van der Waals surface area contributed by atoms with Crippen molar-refractivity contribution in [3.63, 3.8) is 0 Å². The molecule has 0 aliphatic heterocycles. The Hall–Kier alpha value is -2.41. The molecular weight excluding hydrogens is 284 g/mol. The smallest absolute Gasteiger partial charge is 0.324 e. The first-order valence-electron chi connectivity index (χ1n) is 5.54. The first-order chi connectivity index (χ1) is 9.63. The van der Waals surface area contributed by atoms with E-state index >= 15 is 0 Å².